The van der Waals surface area contributed by atoms with Crippen LogP contribution in [0, 0.1) is 0 Å². The number of rotatable bonds is 2. The molecule has 0 bridgehead atoms. The Morgan fingerprint density at radius 3 is 2.67 bits per heavy atom. The number of aromatic nitrogens is 3. The first-order chi connectivity index (χ1) is 11.3. The minimum absolute atomic E-state index is 0.114. The predicted molar refractivity (Wildman–Crippen MR) is 94.4 cm³/mol. The third kappa shape index (κ3) is 3.77. The maximum atomic E-state index is 12.4. The van der Waals surface area contributed by atoms with E-state index in [4.69, 9.17) is 4.74 Å². The minimum atomic E-state index is -0.506. The van der Waals surface area contributed by atoms with Crippen molar-refractivity contribution in [2.45, 2.75) is 45.3 Å². The fourth-order valence-corrected chi connectivity index (χ4v) is 3.02. The Bertz CT molecular complexity index is 721. The van der Waals surface area contributed by atoms with E-state index in [1.165, 1.54) is 0 Å². The van der Waals surface area contributed by atoms with E-state index < -0.39 is 5.60 Å². The van der Waals surface area contributed by atoms with Gasteiger partial charge in [-0.3, -0.25) is 4.90 Å². The number of nitrogens with one attached hydrogen (secondary N) is 1. The van der Waals surface area contributed by atoms with Gasteiger partial charge >= 0.3 is 6.09 Å². The Kier molecular flexibility index (Phi) is 4.62. The summed E-state index contributed by atoms with van der Waals surface area (Å²) in [5.41, 5.74) is 0.451. The number of amides is 1. The van der Waals surface area contributed by atoms with Crippen LogP contribution in [0.3, 0.4) is 0 Å². The van der Waals surface area contributed by atoms with E-state index in [1.807, 2.05) is 45.0 Å². The lowest BCUT2D eigenvalue weighted by Gasteiger charge is -2.27. The van der Waals surface area contributed by atoms with Crippen molar-refractivity contribution in [3.63, 3.8) is 0 Å². The lowest BCUT2D eigenvalue weighted by molar-refractivity contribution is 0.0218. The zero-order valence-corrected chi connectivity index (χ0v) is 15.6. The zero-order chi connectivity index (χ0) is 17.3. The van der Waals surface area contributed by atoms with Gasteiger partial charge < -0.3 is 9.72 Å². The van der Waals surface area contributed by atoms with Crippen LogP contribution in [0.1, 0.15) is 45.5 Å². The van der Waals surface area contributed by atoms with Crippen LogP contribution >= 0.6 is 15.9 Å². The number of carbonyl (C=O) groups excluding carboxylic acids is 1. The van der Waals surface area contributed by atoms with E-state index in [0.29, 0.717) is 18.2 Å². The Balaban J connectivity index is 1.78. The quantitative estimate of drug-likeness (QED) is 0.826. The number of hydrogen-bond acceptors (Lipinski definition) is 4. The van der Waals surface area contributed by atoms with Crippen LogP contribution in [-0.2, 0) is 4.74 Å². The molecule has 1 aromatic heterocycles. The molecular weight excluding hydrogens is 372 g/mol. The van der Waals surface area contributed by atoms with E-state index in [1.54, 1.807) is 4.90 Å². The Labute approximate surface area is 149 Å². The highest BCUT2D eigenvalue weighted by molar-refractivity contribution is 9.10. The lowest BCUT2D eigenvalue weighted by atomic mass is 10.2. The second-order valence-corrected chi connectivity index (χ2v) is 7.81. The highest BCUT2D eigenvalue weighted by Crippen LogP contribution is 2.32. The summed E-state index contributed by atoms with van der Waals surface area (Å²) in [5.74, 6) is 1.41. The normalized spacial score (nSPS) is 18.0. The molecule has 0 radical (unpaired) electrons. The number of aromatic amines is 1. The van der Waals surface area contributed by atoms with E-state index >= 15 is 0 Å². The molecule has 1 amide bonds. The van der Waals surface area contributed by atoms with Crippen molar-refractivity contribution in [3.05, 3.63) is 34.6 Å². The molecule has 7 heteroatoms. The molecule has 1 aliphatic rings. The van der Waals surface area contributed by atoms with Crippen molar-refractivity contribution in [3.8, 4) is 11.4 Å². The zero-order valence-electron chi connectivity index (χ0n) is 14.0. The molecular formula is C17H21BrN4O2. The van der Waals surface area contributed by atoms with Gasteiger partial charge in [-0.05, 0) is 45.7 Å². The first-order valence-corrected chi connectivity index (χ1v) is 8.81. The predicted octanol–water partition coefficient (Wildman–Crippen LogP) is 4.31. The van der Waals surface area contributed by atoms with Gasteiger partial charge in [0.25, 0.3) is 0 Å². The number of hydrogen-bond donors (Lipinski definition) is 1. The Morgan fingerprint density at radius 2 is 2.00 bits per heavy atom. The molecule has 2 aromatic rings. The minimum Gasteiger partial charge on any atom is -0.444 e. The summed E-state index contributed by atoms with van der Waals surface area (Å²) in [5, 5.41) is 8.49. The van der Waals surface area contributed by atoms with Gasteiger partial charge in [0, 0.05) is 16.6 Å². The van der Waals surface area contributed by atoms with Gasteiger partial charge in [0.1, 0.15) is 5.60 Å². The number of benzene rings is 1. The van der Waals surface area contributed by atoms with Crippen molar-refractivity contribution in [1.82, 2.24) is 20.1 Å². The monoisotopic (exact) mass is 392 g/mol. The van der Waals surface area contributed by atoms with Crippen molar-refractivity contribution in [2.24, 2.45) is 0 Å². The third-order valence-corrected chi connectivity index (χ3v) is 4.35. The first-order valence-electron chi connectivity index (χ1n) is 8.01. The Hall–Kier alpha value is -1.89. The van der Waals surface area contributed by atoms with E-state index in [9.17, 15) is 4.79 Å². The standard InChI is InChI=1S/C17H21BrN4O2/c1-17(2,3)24-16(23)22-10-4-5-13(22)15-19-14(20-21-15)11-6-8-12(18)9-7-11/h6-9,13H,4-5,10H2,1-3H3,(H,19,20,21). The molecule has 3 rings (SSSR count). The van der Waals surface area contributed by atoms with Gasteiger partial charge in [0.15, 0.2) is 11.6 Å². The summed E-state index contributed by atoms with van der Waals surface area (Å²) in [4.78, 5) is 17.4. The molecule has 1 aliphatic heterocycles. The van der Waals surface area contributed by atoms with Crippen LogP contribution in [-0.4, -0.2) is 38.3 Å². The summed E-state index contributed by atoms with van der Waals surface area (Å²) < 4.78 is 6.51. The topological polar surface area (TPSA) is 71.1 Å². The average molecular weight is 393 g/mol. The van der Waals surface area contributed by atoms with Gasteiger partial charge in [-0.25, -0.2) is 4.79 Å². The molecule has 1 atom stereocenters. The third-order valence-electron chi connectivity index (χ3n) is 3.82. The number of ether oxygens (including phenoxy) is 1. The molecule has 0 aliphatic carbocycles. The largest absolute Gasteiger partial charge is 0.444 e. The number of halogens is 1. The molecule has 1 saturated heterocycles. The van der Waals surface area contributed by atoms with Crippen LogP contribution < -0.4 is 0 Å². The van der Waals surface area contributed by atoms with E-state index in [-0.39, 0.29) is 12.1 Å². The fourth-order valence-electron chi connectivity index (χ4n) is 2.75. The molecule has 1 unspecified atom stereocenters. The molecule has 1 aromatic carbocycles. The molecule has 1 fully saturated rings. The van der Waals surface area contributed by atoms with Crippen molar-refractivity contribution in [1.29, 1.82) is 0 Å². The van der Waals surface area contributed by atoms with E-state index in [0.717, 1.165) is 22.9 Å². The molecule has 128 valence electrons. The molecule has 6 nitrogen and oxygen atoms in total. The van der Waals surface area contributed by atoms with Crippen molar-refractivity contribution < 1.29 is 9.53 Å². The lowest BCUT2D eigenvalue weighted by Crippen LogP contribution is -2.36. The molecule has 24 heavy (non-hydrogen) atoms. The van der Waals surface area contributed by atoms with Gasteiger partial charge in [-0.2, -0.15) is 0 Å². The van der Waals surface area contributed by atoms with Crippen LogP contribution in [0.15, 0.2) is 28.7 Å². The summed E-state index contributed by atoms with van der Waals surface area (Å²) in [6, 6.07) is 7.74. The summed E-state index contributed by atoms with van der Waals surface area (Å²) in [7, 11) is 0. The van der Waals surface area contributed by atoms with Crippen LogP contribution in [0.2, 0.25) is 0 Å². The molecule has 1 N–H and O–H groups in total. The smallest absolute Gasteiger partial charge is 0.410 e. The fraction of sp³-hybridized carbons (Fsp3) is 0.471. The van der Waals surface area contributed by atoms with E-state index in [2.05, 4.69) is 31.1 Å². The van der Waals surface area contributed by atoms with Crippen molar-refractivity contribution >= 4 is 22.0 Å². The number of nitrogens with zero attached hydrogens (tertiary/aromatic N) is 3. The van der Waals surface area contributed by atoms with Gasteiger partial charge in [0.05, 0.1) is 6.04 Å². The first kappa shape index (κ1) is 17.0. The molecule has 2 heterocycles. The SMILES string of the molecule is CC(C)(C)OC(=O)N1CCCC1c1nnc(-c2ccc(Br)cc2)[nH]1. The summed E-state index contributed by atoms with van der Waals surface area (Å²) in [6.45, 7) is 6.29. The number of likely N-dealkylation sites (tertiary alicyclic amines) is 1. The maximum Gasteiger partial charge on any atom is 0.410 e. The number of carbonyl (C=O) groups is 1. The van der Waals surface area contributed by atoms with Gasteiger partial charge in [-0.1, -0.05) is 28.1 Å². The second kappa shape index (κ2) is 6.55. The molecule has 0 spiro atoms. The summed E-state index contributed by atoms with van der Waals surface area (Å²) >= 11 is 3.42. The molecule has 0 saturated carbocycles. The number of H-pyrrole nitrogens is 1. The van der Waals surface area contributed by atoms with Gasteiger partial charge in [0.2, 0.25) is 0 Å². The van der Waals surface area contributed by atoms with Gasteiger partial charge in [-0.15, -0.1) is 10.2 Å². The van der Waals surface area contributed by atoms with Crippen molar-refractivity contribution in [2.75, 3.05) is 6.54 Å². The highest BCUT2D eigenvalue weighted by atomic mass is 79.9. The van der Waals surface area contributed by atoms with Crippen LogP contribution in [0.4, 0.5) is 4.79 Å². The average Bonchev–Trinajstić information content (AvgIpc) is 3.15. The van der Waals surface area contributed by atoms with Crippen LogP contribution in [0.25, 0.3) is 11.4 Å². The second-order valence-electron chi connectivity index (χ2n) is 6.90. The highest BCUT2D eigenvalue weighted by Gasteiger charge is 2.35. The van der Waals surface area contributed by atoms with Crippen LogP contribution in [0.5, 0.6) is 0 Å². The Morgan fingerprint density at radius 1 is 1.29 bits per heavy atom. The summed E-state index contributed by atoms with van der Waals surface area (Å²) in [6.07, 6.45) is 1.48. The maximum absolute atomic E-state index is 12.4.